The van der Waals surface area contributed by atoms with E-state index >= 15 is 0 Å². The summed E-state index contributed by atoms with van der Waals surface area (Å²) >= 11 is 1.74. The Balaban J connectivity index is 0.00000176. The number of hydrogen-bond donors (Lipinski definition) is 2. The van der Waals surface area contributed by atoms with Gasteiger partial charge in [0.2, 0.25) is 0 Å². The fourth-order valence-electron chi connectivity index (χ4n) is 2.73. The van der Waals surface area contributed by atoms with Crippen molar-refractivity contribution in [1.29, 1.82) is 0 Å². The first-order chi connectivity index (χ1) is 10.2. The first kappa shape index (κ1) is 17.2. The van der Waals surface area contributed by atoms with Crippen molar-refractivity contribution in [3.63, 3.8) is 0 Å². The molecule has 0 aliphatic carbocycles. The number of anilines is 2. The van der Waals surface area contributed by atoms with Gasteiger partial charge in [-0.3, -0.25) is 4.98 Å². The Morgan fingerprint density at radius 1 is 1.41 bits per heavy atom. The Labute approximate surface area is 142 Å². The third kappa shape index (κ3) is 4.18. The molecule has 0 aromatic carbocycles. The number of aromatic nitrogens is 2. The molecule has 1 saturated heterocycles. The van der Waals surface area contributed by atoms with Crippen LogP contribution in [-0.4, -0.2) is 23.1 Å². The van der Waals surface area contributed by atoms with Gasteiger partial charge in [-0.05, 0) is 38.4 Å². The van der Waals surface area contributed by atoms with E-state index in [1.54, 1.807) is 11.3 Å². The fourth-order valence-corrected chi connectivity index (χ4v) is 3.67. The molecule has 4 nitrogen and oxygen atoms in total. The number of rotatable bonds is 5. The number of hydrogen-bond acceptors (Lipinski definition) is 5. The predicted octanol–water partition coefficient (Wildman–Crippen LogP) is 4.04. The van der Waals surface area contributed by atoms with E-state index in [1.807, 2.05) is 6.20 Å². The largest absolute Gasteiger partial charge is 0.331 e. The van der Waals surface area contributed by atoms with E-state index in [0.717, 1.165) is 42.4 Å². The Morgan fingerprint density at radius 2 is 2.27 bits per heavy atom. The Kier molecular flexibility index (Phi) is 6.17. The lowest BCUT2D eigenvalue weighted by Crippen LogP contribution is -2.09. The standard InChI is InChI=1S/C16H22N4S.ClH/c1-3-4-14-10-18-16(21-14)20-13-7-11(2)19-15(8-13)12-5-6-17-9-12;/h7-8,10,12,17H,3-6,9H2,1-2H3,(H,18,19,20);1H. The first-order valence-electron chi connectivity index (χ1n) is 7.65. The molecule has 3 rings (SSSR count). The molecule has 2 aromatic heterocycles. The van der Waals surface area contributed by atoms with Crippen LogP contribution in [0.4, 0.5) is 10.8 Å². The summed E-state index contributed by atoms with van der Waals surface area (Å²) in [4.78, 5) is 10.5. The van der Waals surface area contributed by atoms with E-state index in [2.05, 4.69) is 41.6 Å². The highest BCUT2D eigenvalue weighted by atomic mass is 35.5. The van der Waals surface area contributed by atoms with Gasteiger partial charge >= 0.3 is 0 Å². The molecule has 0 amide bonds. The average Bonchev–Trinajstić information content (AvgIpc) is 3.10. The SMILES string of the molecule is CCCc1cnc(Nc2cc(C)nc(C3CCNC3)c2)s1.Cl. The highest BCUT2D eigenvalue weighted by Crippen LogP contribution is 2.27. The van der Waals surface area contributed by atoms with Gasteiger partial charge in [-0.25, -0.2) is 4.98 Å². The number of aryl methyl sites for hydroxylation is 2. The van der Waals surface area contributed by atoms with E-state index in [4.69, 9.17) is 4.98 Å². The number of nitrogens with zero attached hydrogens (tertiary/aromatic N) is 2. The Bertz CT molecular complexity index is 608. The van der Waals surface area contributed by atoms with Crippen LogP contribution in [0.15, 0.2) is 18.3 Å². The van der Waals surface area contributed by atoms with Gasteiger partial charge in [0.25, 0.3) is 0 Å². The van der Waals surface area contributed by atoms with Crippen molar-refractivity contribution in [2.45, 2.75) is 39.0 Å². The molecule has 2 N–H and O–H groups in total. The van der Waals surface area contributed by atoms with Crippen LogP contribution >= 0.6 is 23.7 Å². The second-order valence-corrected chi connectivity index (χ2v) is 6.73. The third-order valence-electron chi connectivity index (χ3n) is 3.75. The van der Waals surface area contributed by atoms with Crippen LogP contribution in [-0.2, 0) is 6.42 Å². The van der Waals surface area contributed by atoms with Gasteiger partial charge in [-0.1, -0.05) is 13.3 Å². The molecule has 1 fully saturated rings. The van der Waals surface area contributed by atoms with E-state index in [-0.39, 0.29) is 12.4 Å². The van der Waals surface area contributed by atoms with Gasteiger partial charge in [-0.2, -0.15) is 0 Å². The summed E-state index contributed by atoms with van der Waals surface area (Å²) in [6, 6.07) is 4.26. The summed E-state index contributed by atoms with van der Waals surface area (Å²) < 4.78 is 0. The molecule has 22 heavy (non-hydrogen) atoms. The summed E-state index contributed by atoms with van der Waals surface area (Å²) in [5.74, 6) is 0.539. The van der Waals surface area contributed by atoms with Crippen LogP contribution in [0.1, 0.15) is 41.9 Å². The Hall–Kier alpha value is -1.17. The van der Waals surface area contributed by atoms with Gasteiger partial charge in [0.05, 0.1) is 0 Å². The molecule has 0 saturated carbocycles. The summed E-state index contributed by atoms with van der Waals surface area (Å²) in [6.45, 7) is 6.38. The first-order valence-corrected chi connectivity index (χ1v) is 8.47. The lowest BCUT2D eigenvalue weighted by Gasteiger charge is -2.11. The monoisotopic (exact) mass is 338 g/mol. The normalized spacial score (nSPS) is 17.3. The summed E-state index contributed by atoms with van der Waals surface area (Å²) in [5, 5.41) is 7.81. The van der Waals surface area contributed by atoms with Crippen molar-refractivity contribution in [3.05, 3.63) is 34.6 Å². The van der Waals surface area contributed by atoms with Gasteiger partial charge in [0.15, 0.2) is 5.13 Å². The molecular weight excluding hydrogens is 316 g/mol. The molecule has 6 heteroatoms. The summed E-state index contributed by atoms with van der Waals surface area (Å²) in [7, 11) is 0. The van der Waals surface area contributed by atoms with Crippen LogP contribution in [0.25, 0.3) is 0 Å². The number of pyridine rings is 1. The molecule has 1 aliphatic rings. The van der Waals surface area contributed by atoms with Crippen molar-refractivity contribution in [2.75, 3.05) is 18.4 Å². The quantitative estimate of drug-likeness (QED) is 0.863. The van der Waals surface area contributed by atoms with Crippen LogP contribution < -0.4 is 10.6 Å². The van der Waals surface area contributed by atoms with E-state index in [0.29, 0.717) is 5.92 Å². The minimum atomic E-state index is 0. The van der Waals surface area contributed by atoms with E-state index in [1.165, 1.54) is 17.0 Å². The number of thiazole rings is 1. The zero-order valence-electron chi connectivity index (χ0n) is 13.1. The molecule has 0 spiro atoms. The lowest BCUT2D eigenvalue weighted by atomic mass is 10.0. The average molecular weight is 339 g/mol. The molecular formula is C16H23ClN4S. The zero-order valence-corrected chi connectivity index (χ0v) is 14.7. The van der Waals surface area contributed by atoms with Crippen molar-refractivity contribution in [2.24, 2.45) is 0 Å². The number of halogens is 1. The minimum absolute atomic E-state index is 0. The molecule has 1 aliphatic heterocycles. The predicted molar refractivity (Wildman–Crippen MR) is 95.8 cm³/mol. The van der Waals surface area contributed by atoms with Crippen molar-refractivity contribution in [1.82, 2.24) is 15.3 Å². The highest BCUT2D eigenvalue weighted by molar-refractivity contribution is 7.15. The van der Waals surface area contributed by atoms with Gasteiger partial charge < -0.3 is 10.6 Å². The van der Waals surface area contributed by atoms with Crippen LogP contribution in [0.3, 0.4) is 0 Å². The molecule has 120 valence electrons. The van der Waals surface area contributed by atoms with Crippen molar-refractivity contribution >= 4 is 34.6 Å². The minimum Gasteiger partial charge on any atom is -0.331 e. The molecule has 1 atom stereocenters. The van der Waals surface area contributed by atoms with Gasteiger partial charge in [-0.15, -0.1) is 23.7 Å². The van der Waals surface area contributed by atoms with Crippen LogP contribution in [0, 0.1) is 6.92 Å². The highest BCUT2D eigenvalue weighted by Gasteiger charge is 2.18. The molecule has 2 aromatic rings. The maximum atomic E-state index is 4.70. The smallest absolute Gasteiger partial charge is 0.187 e. The molecule has 3 heterocycles. The zero-order chi connectivity index (χ0) is 14.7. The summed E-state index contributed by atoms with van der Waals surface area (Å²) in [6.07, 6.45) is 5.42. The van der Waals surface area contributed by atoms with Gasteiger partial charge in [0.1, 0.15) is 0 Å². The number of nitrogens with one attached hydrogen (secondary N) is 2. The molecule has 0 radical (unpaired) electrons. The van der Waals surface area contributed by atoms with Crippen molar-refractivity contribution in [3.8, 4) is 0 Å². The fraction of sp³-hybridized carbons (Fsp3) is 0.500. The second kappa shape index (κ2) is 7.90. The van der Waals surface area contributed by atoms with E-state index in [9.17, 15) is 0 Å². The third-order valence-corrected chi connectivity index (χ3v) is 4.73. The maximum Gasteiger partial charge on any atom is 0.187 e. The molecule has 0 bridgehead atoms. The topological polar surface area (TPSA) is 49.8 Å². The van der Waals surface area contributed by atoms with E-state index < -0.39 is 0 Å². The van der Waals surface area contributed by atoms with Gasteiger partial charge in [0, 0.05) is 40.6 Å². The van der Waals surface area contributed by atoms with Crippen LogP contribution in [0.2, 0.25) is 0 Å². The Morgan fingerprint density at radius 3 is 3.00 bits per heavy atom. The summed E-state index contributed by atoms with van der Waals surface area (Å²) in [5.41, 5.74) is 3.35. The maximum absolute atomic E-state index is 4.70. The molecule has 1 unspecified atom stereocenters. The van der Waals surface area contributed by atoms with Crippen molar-refractivity contribution < 1.29 is 0 Å². The lowest BCUT2D eigenvalue weighted by molar-refractivity contribution is 0.732. The van der Waals surface area contributed by atoms with Crippen LogP contribution in [0.5, 0.6) is 0 Å². The second-order valence-electron chi connectivity index (χ2n) is 5.62.